The summed E-state index contributed by atoms with van der Waals surface area (Å²) in [4.78, 5) is 39.5. The van der Waals surface area contributed by atoms with Gasteiger partial charge in [0.25, 0.3) is 0 Å². The predicted molar refractivity (Wildman–Crippen MR) is 110 cm³/mol. The zero-order valence-electron chi connectivity index (χ0n) is 16.9. The van der Waals surface area contributed by atoms with Crippen molar-refractivity contribution in [2.45, 2.75) is 18.9 Å². The molecule has 2 heterocycles. The lowest BCUT2D eigenvalue weighted by atomic mass is 9.67. The molecule has 2 aromatic rings. The number of hydrogen-bond donors (Lipinski definition) is 2. The molecule has 3 N–H and O–H groups in total. The Balaban J connectivity index is 1.87. The summed E-state index contributed by atoms with van der Waals surface area (Å²) in [5.74, 6) is -2.55. The zero-order valence-corrected chi connectivity index (χ0v) is 16.9. The van der Waals surface area contributed by atoms with E-state index in [4.69, 9.17) is 19.9 Å². The summed E-state index contributed by atoms with van der Waals surface area (Å²) >= 11 is 0. The number of methoxy groups -OCH3 is 1. The molecule has 1 atom stereocenters. The number of para-hydroxylation sites is 1. The Kier molecular flexibility index (Phi) is 4.98. The number of nitrogens with one attached hydrogen (secondary N) is 1. The number of esters is 2. The van der Waals surface area contributed by atoms with Crippen LogP contribution in [0.15, 0.2) is 77.4 Å². The van der Waals surface area contributed by atoms with Crippen LogP contribution in [0.4, 0.5) is 5.69 Å². The first-order chi connectivity index (χ1) is 14.9. The van der Waals surface area contributed by atoms with Crippen LogP contribution in [0.3, 0.4) is 0 Å². The van der Waals surface area contributed by atoms with Crippen molar-refractivity contribution >= 4 is 23.5 Å². The normalized spacial score (nSPS) is 19.6. The van der Waals surface area contributed by atoms with Crippen molar-refractivity contribution in [1.29, 1.82) is 0 Å². The maximum Gasteiger partial charge on any atom is 0.341 e. The topological polar surface area (TPSA) is 117 Å². The summed E-state index contributed by atoms with van der Waals surface area (Å²) in [5, 5.41) is 2.73. The minimum absolute atomic E-state index is 0.0496. The smallest absolute Gasteiger partial charge is 0.341 e. The van der Waals surface area contributed by atoms with Crippen molar-refractivity contribution in [2.75, 3.05) is 12.4 Å². The average Bonchev–Trinajstić information content (AvgIpc) is 3.04. The van der Waals surface area contributed by atoms with Crippen molar-refractivity contribution in [3.63, 3.8) is 0 Å². The number of ether oxygens (including phenoxy) is 3. The molecule has 2 aliphatic heterocycles. The van der Waals surface area contributed by atoms with Crippen molar-refractivity contribution in [3.8, 4) is 0 Å². The van der Waals surface area contributed by atoms with E-state index in [1.807, 2.05) is 18.2 Å². The van der Waals surface area contributed by atoms with Crippen molar-refractivity contribution in [1.82, 2.24) is 0 Å². The van der Waals surface area contributed by atoms with Gasteiger partial charge in [-0.15, -0.1) is 0 Å². The van der Waals surface area contributed by atoms with Gasteiger partial charge >= 0.3 is 11.9 Å². The van der Waals surface area contributed by atoms with Gasteiger partial charge in [0.2, 0.25) is 11.8 Å². The van der Waals surface area contributed by atoms with Gasteiger partial charge in [-0.1, -0.05) is 48.5 Å². The van der Waals surface area contributed by atoms with Gasteiger partial charge < -0.3 is 25.3 Å². The summed E-state index contributed by atoms with van der Waals surface area (Å²) in [6, 6.07) is 15.8. The second-order valence-corrected chi connectivity index (χ2v) is 7.08. The number of carbonyl (C=O) groups excluding carboxylic acids is 3. The van der Waals surface area contributed by atoms with Gasteiger partial charge in [-0.05, 0) is 18.6 Å². The molecule has 8 heteroatoms. The van der Waals surface area contributed by atoms with Gasteiger partial charge in [-0.3, -0.25) is 4.79 Å². The van der Waals surface area contributed by atoms with Crippen LogP contribution in [0.5, 0.6) is 0 Å². The maximum absolute atomic E-state index is 13.4. The highest BCUT2D eigenvalue weighted by Gasteiger charge is 2.61. The summed E-state index contributed by atoms with van der Waals surface area (Å²) in [6.07, 6.45) is 0. The molecule has 4 rings (SSSR count). The van der Waals surface area contributed by atoms with Crippen LogP contribution in [-0.4, -0.2) is 25.0 Å². The fraction of sp³-hybridized carbons (Fsp3) is 0.174. The van der Waals surface area contributed by atoms with E-state index >= 15 is 0 Å². The van der Waals surface area contributed by atoms with E-state index in [9.17, 15) is 14.4 Å². The molecule has 0 aromatic heterocycles. The van der Waals surface area contributed by atoms with Crippen LogP contribution >= 0.6 is 0 Å². The highest BCUT2D eigenvalue weighted by Crippen LogP contribution is 2.52. The lowest BCUT2D eigenvalue weighted by molar-refractivity contribution is -0.143. The molecule has 0 aliphatic carbocycles. The van der Waals surface area contributed by atoms with E-state index in [1.165, 1.54) is 14.0 Å². The summed E-state index contributed by atoms with van der Waals surface area (Å²) in [7, 11) is 1.18. The number of anilines is 1. The number of carbonyl (C=O) groups is 3. The van der Waals surface area contributed by atoms with Crippen LogP contribution in [0, 0.1) is 0 Å². The van der Waals surface area contributed by atoms with E-state index in [-0.39, 0.29) is 29.4 Å². The van der Waals surface area contributed by atoms with Gasteiger partial charge in [-0.25, -0.2) is 9.59 Å². The third kappa shape index (κ3) is 3.04. The summed E-state index contributed by atoms with van der Waals surface area (Å²) < 4.78 is 15.9. The Hall–Kier alpha value is -4.07. The Bertz CT molecular complexity index is 1150. The Morgan fingerprint density at radius 2 is 1.71 bits per heavy atom. The van der Waals surface area contributed by atoms with Crippen LogP contribution in [0.25, 0.3) is 0 Å². The van der Waals surface area contributed by atoms with Gasteiger partial charge in [-0.2, -0.15) is 0 Å². The molecule has 0 saturated carbocycles. The Morgan fingerprint density at radius 1 is 1.03 bits per heavy atom. The molecule has 0 radical (unpaired) electrons. The number of fused-ring (bicyclic) bond motifs is 2. The molecule has 8 nitrogen and oxygen atoms in total. The average molecular weight is 420 g/mol. The Morgan fingerprint density at radius 3 is 2.42 bits per heavy atom. The maximum atomic E-state index is 13.4. The zero-order chi connectivity index (χ0) is 22.2. The molecule has 0 saturated heterocycles. The molecule has 2 aromatic carbocycles. The number of hydrogen-bond acceptors (Lipinski definition) is 7. The van der Waals surface area contributed by atoms with E-state index < -0.39 is 23.3 Å². The van der Waals surface area contributed by atoms with Crippen LogP contribution < -0.4 is 11.1 Å². The number of benzene rings is 2. The van der Waals surface area contributed by atoms with Crippen LogP contribution in [-0.2, 0) is 40.6 Å². The minimum atomic E-state index is -1.86. The highest BCUT2D eigenvalue weighted by atomic mass is 16.5. The van der Waals surface area contributed by atoms with Crippen LogP contribution in [0.2, 0.25) is 0 Å². The van der Waals surface area contributed by atoms with Gasteiger partial charge in [0.1, 0.15) is 28.9 Å². The van der Waals surface area contributed by atoms with Gasteiger partial charge in [0, 0.05) is 11.3 Å². The van der Waals surface area contributed by atoms with Gasteiger partial charge in [0.15, 0.2) is 0 Å². The van der Waals surface area contributed by atoms with Crippen molar-refractivity contribution in [3.05, 3.63) is 88.5 Å². The predicted octanol–water partition coefficient (Wildman–Crippen LogP) is 2.27. The number of nitrogens with two attached hydrogens (primary N) is 1. The van der Waals surface area contributed by atoms with Gasteiger partial charge in [0.05, 0.1) is 7.11 Å². The van der Waals surface area contributed by atoms with Crippen molar-refractivity contribution in [2.24, 2.45) is 5.73 Å². The first-order valence-electron chi connectivity index (χ1n) is 9.51. The summed E-state index contributed by atoms with van der Waals surface area (Å²) in [6.45, 7) is 1.44. The highest BCUT2D eigenvalue weighted by molar-refractivity contribution is 6.21. The largest absolute Gasteiger partial charge is 0.466 e. The molecule has 2 aliphatic rings. The molecule has 0 unspecified atom stereocenters. The molecule has 31 heavy (non-hydrogen) atoms. The first kappa shape index (κ1) is 20.2. The molecular weight excluding hydrogens is 400 g/mol. The molecule has 0 fully saturated rings. The van der Waals surface area contributed by atoms with Crippen molar-refractivity contribution < 1.29 is 28.6 Å². The number of rotatable bonds is 4. The molecular formula is C23H20N2O6. The summed E-state index contributed by atoms with van der Waals surface area (Å²) in [5.41, 5.74) is 5.44. The number of amides is 1. The molecule has 0 bridgehead atoms. The lowest BCUT2D eigenvalue weighted by Gasteiger charge is -2.35. The molecule has 1 amide bonds. The van der Waals surface area contributed by atoms with E-state index in [0.29, 0.717) is 11.3 Å². The quantitative estimate of drug-likeness (QED) is 0.729. The second kappa shape index (κ2) is 7.64. The fourth-order valence-electron chi connectivity index (χ4n) is 4.04. The third-order valence-corrected chi connectivity index (χ3v) is 5.34. The monoisotopic (exact) mass is 420 g/mol. The molecule has 158 valence electrons. The van der Waals surface area contributed by atoms with E-state index in [0.717, 1.165) is 5.56 Å². The minimum Gasteiger partial charge on any atom is -0.466 e. The van der Waals surface area contributed by atoms with E-state index in [2.05, 4.69) is 5.32 Å². The first-order valence-corrected chi connectivity index (χ1v) is 9.51. The second-order valence-electron chi connectivity index (χ2n) is 7.08. The lowest BCUT2D eigenvalue weighted by Crippen LogP contribution is -2.48. The van der Waals surface area contributed by atoms with Crippen LogP contribution in [0.1, 0.15) is 18.1 Å². The third-order valence-electron chi connectivity index (χ3n) is 5.34. The molecule has 1 spiro atoms. The standard InChI is InChI=1S/C23H20N2O6/c1-13-17(20(26)29-2)23(15-10-6-7-11-16(15)25-22(23)28)18(19(24)31-13)21(27)30-12-14-8-4-3-5-9-14/h3-11H,12,24H2,1-2H3,(H,25,28)/t23-/m0/s1. The fourth-order valence-corrected chi connectivity index (χ4v) is 4.04. The Labute approximate surface area is 178 Å². The SMILES string of the molecule is COC(=O)C1=C(C)OC(N)=C(C(=O)OCc2ccccc2)[C@@]12C(=O)Nc1ccccc12. The van der Waals surface area contributed by atoms with E-state index in [1.54, 1.807) is 36.4 Å². The number of allylic oxidation sites excluding steroid dienone is 1.